The molecular formula is C16H22BrN3O3S. The predicted octanol–water partition coefficient (Wildman–Crippen LogP) is 2.15. The second-order valence-electron chi connectivity index (χ2n) is 5.84. The first-order chi connectivity index (χ1) is 11.4. The molecule has 1 aromatic heterocycles. The van der Waals surface area contributed by atoms with E-state index in [4.69, 9.17) is 0 Å². The average molecular weight is 416 g/mol. The molecule has 1 fully saturated rings. The van der Waals surface area contributed by atoms with Crippen LogP contribution in [0.5, 0.6) is 0 Å². The fraction of sp³-hybridized carbons (Fsp3) is 0.562. The Morgan fingerprint density at radius 3 is 2.79 bits per heavy atom. The lowest BCUT2D eigenvalue weighted by Crippen LogP contribution is -2.54. The summed E-state index contributed by atoms with van der Waals surface area (Å²) < 4.78 is 0.872. The Kier molecular flexibility index (Phi) is 6.79. The fourth-order valence-electron chi connectivity index (χ4n) is 2.66. The van der Waals surface area contributed by atoms with Crippen molar-refractivity contribution in [2.75, 3.05) is 13.1 Å². The number of hydrogen-bond acceptors (Lipinski definition) is 4. The summed E-state index contributed by atoms with van der Waals surface area (Å²) in [5, 5.41) is 5.68. The van der Waals surface area contributed by atoms with E-state index in [-0.39, 0.29) is 23.8 Å². The second kappa shape index (κ2) is 8.62. The molecule has 1 aliphatic heterocycles. The molecular weight excluding hydrogens is 394 g/mol. The number of thiophene rings is 1. The van der Waals surface area contributed by atoms with Crippen molar-refractivity contribution < 1.29 is 14.4 Å². The molecule has 1 aliphatic rings. The quantitative estimate of drug-likeness (QED) is 0.772. The lowest BCUT2D eigenvalue weighted by Gasteiger charge is -2.34. The first-order valence-electron chi connectivity index (χ1n) is 8.05. The van der Waals surface area contributed by atoms with E-state index in [0.717, 1.165) is 16.6 Å². The highest BCUT2D eigenvalue weighted by molar-refractivity contribution is 9.11. The van der Waals surface area contributed by atoms with E-state index in [9.17, 15) is 14.4 Å². The van der Waals surface area contributed by atoms with Gasteiger partial charge in [-0.25, -0.2) is 0 Å². The highest BCUT2D eigenvalue weighted by Crippen LogP contribution is 2.22. The Bertz CT molecular complexity index is 619. The molecule has 2 rings (SSSR count). The summed E-state index contributed by atoms with van der Waals surface area (Å²) in [4.78, 5) is 38.5. The molecule has 132 valence electrons. The van der Waals surface area contributed by atoms with Gasteiger partial charge in [-0.3, -0.25) is 14.4 Å². The van der Waals surface area contributed by atoms with Gasteiger partial charge in [0.25, 0.3) is 5.91 Å². The number of halogens is 1. The topological polar surface area (TPSA) is 78.5 Å². The minimum absolute atomic E-state index is 0.000998. The monoisotopic (exact) mass is 415 g/mol. The van der Waals surface area contributed by atoms with Crippen LogP contribution in [0.4, 0.5) is 0 Å². The van der Waals surface area contributed by atoms with Crippen LogP contribution >= 0.6 is 27.3 Å². The molecule has 1 aromatic rings. The highest BCUT2D eigenvalue weighted by atomic mass is 79.9. The van der Waals surface area contributed by atoms with Crippen LogP contribution in [-0.4, -0.2) is 47.8 Å². The third-order valence-electron chi connectivity index (χ3n) is 3.93. The van der Waals surface area contributed by atoms with Crippen molar-refractivity contribution in [3.8, 4) is 0 Å². The molecule has 0 radical (unpaired) electrons. The summed E-state index contributed by atoms with van der Waals surface area (Å²) in [6, 6.07) is 2.92. The third kappa shape index (κ3) is 5.04. The molecule has 2 N–H and O–H groups in total. The smallest absolute Gasteiger partial charge is 0.262 e. The van der Waals surface area contributed by atoms with Crippen molar-refractivity contribution in [2.24, 2.45) is 0 Å². The largest absolute Gasteiger partial charge is 0.352 e. The van der Waals surface area contributed by atoms with Gasteiger partial charge in [0.2, 0.25) is 11.8 Å². The zero-order chi connectivity index (χ0) is 17.7. The van der Waals surface area contributed by atoms with E-state index in [1.807, 2.05) is 6.92 Å². The third-order valence-corrected chi connectivity index (χ3v) is 5.56. The molecule has 8 heteroatoms. The Morgan fingerprint density at radius 2 is 2.17 bits per heavy atom. The number of nitrogens with one attached hydrogen (secondary N) is 2. The molecule has 2 unspecified atom stereocenters. The maximum atomic E-state index is 12.6. The summed E-state index contributed by atoms with van der Waals surface area (Å²) in [6.07, 6.45) is 2.16. The number of rotatable bonds is 5. The Labute approximate surface area is 154 Å². The highest BCUT2D eigenvalue weighted by Gasteiger charge is 2.28. The summed E-state index contributed by atoms with van der Waals surface area (Å²) in [5.74, 6) is -0.368. The van der Waals surface area contributed by atoms with E-state index in [2.05, 4.69) is 26.6 Å². The predicted molar refractivity (Wildman–Crippen MR) is 97.0 cm³/mol. The van der Waals surface area contributed by atoms with E-state index in [0.29, 0.717) is 24.4 Å². The van der Waals surface area contributed by atoms with Crippen LogP contribution in [0, 0.1) is 0 Å². The van der Waals surface area contributed by atoms with E-state index in [1.54, 1.807) is 24.0 Å². The maximum absolute atomic E-state index is 12.6. The summed E-state index contributed by atoms with van der Waals surface area (Å²) in [6.45, 7) is 4.65. The molecule has 0 saturated carbocycles. The molecule has 1 saturated heterocycles. The van der Waals surface area contributed by atoms with Crippen molar-refractivity contribution in [1.29, 1.82) is 0 Å². The Hall–Kier alpha value is -1.41. The maximum Gasteiger partial charge on any atom is 0.262 e. The van der Waals surface area contributed by atoms with Crippen molar-refractivity contribution in [3.63, 3.8) is 0 Å². The molecule has 2 atom stereocenters. The van der Waals surface area contributed by atoms with Crippen LogP contribution in [0.25, 0.3) is 0 Å². The van der Waals surface area contributed by atoms with Gasteiger partial charge in [0, 0.05) is 25.6 Å². The molecule has 0 aliphatic carbocycles. The molecule has 24 heavy (non-hydrogen) atoms. The molecule has 0 bridgehead atoms. The first kappa shape index (κ1) is 18.9. The van der Waals surface area contributed by atoms with Gasteiger partial charge in [-0.1, -0.05) is 6.92 Å². The van der Waals surface area contributed by atoms with E-state index in [1.165, 1.54) is 11.3 Å². The Morgan fingerprint density at radius 1 is 1.42 bits per heavy atom. The zero-order valence-corrected chi connectivity index (χ0v) is 16.2. The zero-order valence-electron chi connectivity index (χ0n) is 13.8. The molecule has 0 spiro atoms. The van der Waals surface area contributed by atoms with Gasteiger partial charge < -0.3 is 15.5 Å². The molecule has 0 aromatic carbocycles. The summed E-state index contributed by atoms with van der Waals surface area (Å²) >= 11 is 4.65. The van der Waals surface area contributed by atoms with Crippen molar-refractivity contribution in [3.05, 3.63) is 20.8 Å². The standard InChI is InChI=1S/C16H22BrN3O3S/c1-3-14(21)19-11-5-4-8-20(9-11)16(23)10(2)18-15(22)12-6-7-13(17)24-12/h6-7,10-11H,3-5,8-9H2,1-2H3,(H,18,22)(H,19,21). The van der Waals surface area contributed by atoms with Gasteiger partial charge in [-0.05, 0) is 47.8 Å². The number of carbonyl (C=O) groups is 3. The van der Waals surface area contributed by atoms with Crippen LogP contribution in [0.3, 0.4) is 0 Å². The minimum atomic E-state index is -0.598. The minimum Gasteiger partial charge on any atom is -0.352 e. The SMILES string of the molecule is CCC(=O)NC1CCCN(C(=O)C(C)NC(=O)c2ccc(Br)s2)C1. The molecule has 3 amide bonds. The van der Waals surface area contributed by atoms with Crippen molar-refractivity contribution in [2.45, 2.75) is 45.2 Å². The van der Waals surface area contributed by atoms with Crippen LogP contribution in [-0.2, 0) is 9.59 Å². The van der Waals surface area contributed by atoms with Gasteiger partial charge >= 0.3 is 0 Å². The lowest BCUT2D eigenvalue weighted by molar-refractivity contribution is -0.135. The normalized spacial score (nSPS) is 18.8. The Balaban J connectivity index is 1.89. The van der Waals surface area contributed by atoms with Gasteiger partial charge in [-0.15, -0.1) is 11.3 Å². The van der Waals surface area contributed by atoms with E-state index < -0.39 is 6.04 Å². The average Bonchev–Trinajstić information content (AvgIpc) is 3.00. The van der Waals surface area contributed by atoms with Gasteiger partial charge in [0.1, 0.15) is 6.04 Å². The molecule has 2 heterocycles. The van der Waals surface area contributed by atoms with Crippen LogP contribution in [0.15, 0.2) is 15.9 Å². The lowest BCUT2D eigenvalue weighted by atomic mass is 10.0. The van der Waals surface area contributed by atoms with Crippen LogP contribution in [0.1, 0.15) is 42.8 Å². The van der Waals surface area contributed by atoms with Crippen LogP contribution in [0.2, 0.25) is 0 Å². The van der Waals surface area contributed by atoms with Crippen molar-refractivity contribution in [1.82, 2.24) is 15.5 Å². The second-order valence-corrected chi connectivity index (χ2v) is 8.31. The number of amides is 3. The van der Waals surface area contributed by atoms with Gasteiger partial charge in [0.05, 0.1) is 8.66 Å². The number of piperidine rings is 1. The van der Waals surface area contributed by atoms with E-state index >= 15 is 0 Å². The summed E-state index contributed by atoms with van der Waals surface area (Å²) in [7, 11) is 0. The number of hydrogen-bond donors (Lipinski definition) is 2. The fourth-order valence-corrected chi connectivity index (χ4v) is 3.95. The first-order valence-corrected chi connectivity index (χ1v) is 9.66. The summed E-state index contributed by atoms with van der Waals surface area (Å²) in [5.41, 5.74) is 0. The van der Waals surface area contributed by atoms with Crippen LogP contribution < -0.4 is 10.6 Å². The van der Waals surface area contributed by atoms with Gasteiger partial charge in [-0.2, -0.15) is 0 Å². The number of likely N-dealkylation sites (tertiary alicyclic amines) is 1. The van der Waals surface area contributed by atoms with Gasteiger partial charge in [0.15, 0.2) is 0 Å². The number of nitrogens with zero attached hydrogens (tertiary/aromatic N) is 1. The van der Waals surface area contributed by atoms with Crippen molar-refractivity contribution >= 4 is 45.0 Å². The molecule has 6 nitrogen and oxygen atoms in total. The number of carbonyl (C=O) groups excluding carboxylic acids is 3.